The van der Waals surface area contributed by atoms with E-state index in [2.05, 4.69) is 15.3 Å². The van der Waals surface area contributed by atoms with E-state index < -0.39 is 0 Å². The Labute approximate surface area is 123 Å². The molecule has 1 N–H and O–H groups in total. The molecule has 104 valence electrons. The average Bonchev–Trinajstić information content (AvgIpc) is 2.47. The van der Waals surface area contributed by atoms with Crippen molar-refractivity contribution in [1.82, 2.24) is 15.3 Å². The van der Waals surface area contributed by atoms with Crippen molar-refractivity contribution in [2.75, 3.05) is 12.3 Å². The van der Waals surface area contributed by atoms with Crippen molar-refractivity contribution in [3.8, 4) is 0 Å². The summed E-state index contributed by atoms with van der Waals surface area (Å²) in [6, 6.07) is 7.66. The molecular formula is C15H17N3OS. The van der Waals surface area contributed by atoms with E-state index in [1.165, 1.54) is 0 Å². The molecule has 0 unspecified atom stereocenters. The fourth-order valence-corrected chi connectivity index (χ4v) is 2.35. The maximum atomic E-state index is 11.9. The number of hydrogen-bond donors (Lipinski definition) is 1. The lowest BCUT2D eigenvalue weighted by Crippen LogP contribution is -2.26. The van der Waals surface area contributed by atoms with Gasteiger partial charge in [-0.3, -0.25) is 9.78 Å². The number of thioether (sulfide) groups is 1. The molecule has 0 atom stereocenters. The standard InChI is InChI=1S/C15H17N3OS/c1-11-9-13(10-18-12(11)2)15(19)17-7-8-20-14-5-3-4-6-16-14/h3-6,9-10H,7-8H2,1-2H3,(H,17,19). The molecule has 0 aromatic carbocycles. The van der Waals surface area contributed by atoms with E-state index in [0.717, 1.165) is 22.0 Å². The molecular weight excluding hydrogens is 270 g/mol. The topological polar surface area (TPSA) is 54.9 Å². The highest BCUT2D eigenvalue weighted by molar-refractivity contribution is 7.99. The Kier molecular flexibility index (Phi) is 5.12. The largest absolute Gasteiger partial charge is 0.351 e. The fraction of sp³-hybridized carbons (Fsp3) is 0.267. The van der Waals surface area contributed by atoms with Gasteiger partial charge in [-0.05, 0) is 37.6 Å². The molecule has 2 aromatic rings. The zero-order chi connectivity index (χ0) is 14.4. The Morgan fingerprint density at radius 1 is 1.30 bits per heavy atom. The van der Waals surface area contributed by atoms with Gasteiger partial charge in [0, 0.05) is 30.4 Å². The lowest BCUT2D eigenvalue weighted by molar-refractivity contribution is 0.0955. The number of carbonyl (C=O) groups is 1. The summed E-state index contributed by atoms with van der Waals surface area (Å²) in [5.41, 5.74) is 2.59. The lowest BCUT2D eigenvalue weighted by Gasteiger charge is -2.06. The summed E-state index contributed by atoms with van der Waals surface area (Å²) in [5, 5.41) is 3.86. The minimum atomic E-state index is -0.0813. The normalized spacial score (nSPS) is 10.3. The van der Waals surface area contributed by atoms with Crippen LogP contribution in [0.15, 0.2) is 41.7 Å². The zero-order valence-electron chi connectivity index (χ0n) is 11.6. The van der Waals surface area contributed by atoms with Crippen LogP contribution in [-0.4, -0.2) is 28.2 Å². The molecule has 0 aliphatic heterocycles. The predicted molar refractivity (Wildman–Crippen MR) is 81.0 cm³/mol. The summed E-state index contributed by atoms with van der Waals surface area (Å²) in [6.07, 6.45) is 3.38. The van der Waals surface area contributed by atoms with Gasteiger partial charge in [-0.25, -0.2) is 4.98 Å². The van der Waals surface area contributed by atoms with Crippen molar-refractivity contribution in [1.29, 1.82) is 0 Å². The molecule has 0 radical (unpaired) electrons. The first-order valence-electron chi connectivity index (χ1n) is 6.42. The van der Waals surface area contributed by atoms with Crippen LogP contribution < -0.4 is 5.32 Å². The molecule has 0 saturated carbocycles. The maximum Gasteiger partial charge on any atom is 0.252 e. The van der Waals surface area contributed by atoms with E-state index in [1.54, 1.807) is 24.2 Å². The molecule has 0 spiro atoms. The molecule has 2 aromatic heterocycles. The van der Waals surface area contributed by atoms with E-state index >= 15 is 0 Å². The highest BCUT2D eigenvalue weighted by Crippen LogP contribution is 2.12. The Morgan fingerprint density at radius 3 is 2.85 bits per heavy atom. The highest BCUT2D eigenvalue weighted by atomic mass is 32.2. The van der Waals surface area contributed by atoms with Gasteiger partial charge in [-0.2, -0.15) is 0 Å². The summed E-state index contributed by atoms with van der Waals surface area (Å²) in [5.74, 6) is 0.711. The first-order valence-corrected chi connectivity index (χ1v) is 7.40. The smallest absolute Gasteiger partial charge is 0.252 e. The number of hydrogen-bond acceptors (Lipinski definition) is 4. The van der Waals surface area contributed by atoms with Gasteiger partial charge in [0.25, 0.3) is 5.91 Å². The Balaban J connectivity index is 1.79. The maximum absolute atomic E-state index is 11.9. The van der Waals surface area contributed by atoms with Gasteiger partial charge >= 0.3 is 0 Å². The molecule has 0 aliphatic carbocycles. The molecule has 0 aliphatic rings. The molecule has 2 heterocycles. The zero-order valence-corrected chi connectivity index (χ0v) is 12.4. The van der Waals surface area contributed by atoms with E-state index in [9.17, 15) is 4.79 Å². The SMILES string of the molecule is Cc1cc(C(=O)NCCSc2ccccn2)cnc1C. The van der Waals surface area contributed by atoms with Crippen LogP contribution >= 0.6 is 11.8 Å². The summed E-state index contributed by atoms with van der Waals surface area (Å²) in [7, 11) is 0. The number of pyridine rings is 2. The van der Waals surface area contributed by atoms with Crippen LogP contribution in [0.3, 0.4) is 0 Å². The van der Waals surface area contributed by atoms with Crippen molar-refractivity contribution in [2.45, 2.75) is 18.9 Å². The fourth-order valence-electron chi connectivity index (χ4n) is 1.62. The first kappa shape index (κ1) is 14.5. The average molecular weight is 287 g/mol. The Morgan fingerprint density at radius 2 is 2.15 bits per heavy atom. The summed E-state index contributed by atoms with van der Waals surface area (Å²) in [6.45, 7) is 4.49. The van der Waals surface area contributed by atoms with Crippen LogP contribution in [0.4, 0.5) is 0 Å². The molecule has 4 nitrogen and oxygen atoms in total. The van der Waals surface area contributed by atoms with Crippen LogP contribution in [-0.2, 0) is 0 Å². The van der Waals surface area contributed by atoms with Crippen molar-refractivity contribution >= 4 is 17.7 Å². The van der Waals surface area contributed by atoms with Gasteiger partial charge in [0.2, 0.25) is 0 Å². The molecule has 0 fully saturated rings. The van der Waals surface area contributed by atoms with Gasteiger partial charge in [-0.1, -0.05) is 6.07 Å². The van der Waals surface area contributed by atoms with E-state index in [0.29, 0.717) is 12.1 Å². The van der Waals surface area contributed by atoms with E-state index in [-0.39, 0.29) is 5.91 Å². The van der Waals surface area contributed by atoms with Crippen molar-refractivity contribution in [3.63, 3.8) is 0 Å². The van der Waals surface area contributed by atoms with Crippen molar-refractivity contribution in [3.05, 3.63) is 53.5 Å². The third-order valence-electron chi connectivity index (χ3n) is 2.88. The second kappa shape index (κ2) is 7.05. The molecule has 5 heteroatoms. The molecule has 1 amide bonds. The second-order valence-electron chi connectivity index (χ2n) is 4.40. The minimum absolute atomic E-state index is 0.0813. The highest BCUT2D eigenvalue weighted by Gasteiger charge is 2.06. The summed E-state index contributed by atoms with van der Waals surface area (Å²) >= 11 is 1.62. The Hall–Kier alpha value is -1.88. The number of aromatic nitrogens is 2. The van der Waals surface area contributed by atoms with Gasteiger partial charge < -0.3 is 5.32 Å². The van der Waals surface area contributed by atoms with Gasteiger partial charge in [0.1, 0.15) is 0 Å². The molecule has 2 rings (SSSR count). The first-order chi connectivity index (χ1) is 9.66. The number of rotatable bonds is 5. The number of aryl methyl sites for hydroxylation is 2. The van der Waals surface area contributed by atoms with Gasteiger partial charge in [0.15, 0.2) is 0 Å². The molecule has 0 saturated heterocycles. The van der Waals surface area contributed by atoms with Gasteiger partial charge in [0.05, 0.1) is 10.6 Å². The van der Waals surface area contributed by atoms with E-state index in [4.69, 9.17) is 0 Å². The number of carbonyl (C=O) groups excluding carboxylic acids is 1. The van der Waals surface area contributed by atoms with Gasteiger partial charge in [-0.15, -0.1) is 11.8 Å². The number of nitrogens with one attached hydrogen (secondary N) is 1. The van der Waals surface area contributed by atoms with Crippen LogP contribution in [0.2, 0.25) is 0 Å². The number of nitrogens with zero attached hydrogens (tertiary/aromatic N) is 2. The summed E-state index contributed by atoms with van der Waals surface area (Å²) < 4.78 is 0. The molecule has 0 bridgehead atoms. The van der Waals surface area contributed by atoms with Crippen LogP contribution in [0, 0.1) is 13.8 Å². The third-order valence-corrected chi connectivity index (χ3v) is 3.82. The second-order valence-corrected chi connectivity index (χ2v) is 5.51. The minimum Gasteiger partial charge on any atom is -0.351 e. The van der Waals surface area contributed by atoms with Crippen LogP contribution in [0.5, 0.6) is 0 Å². The quantitative estimate of drug-likeness (QED) is 0.678. The van der Waals surface area contributed by atoms with Crippen LogP contribution in [0.1, 0.15) is 21.6 Å². The third kappa shape index (κ3) is 4.06. The number of amides is 1. The Bertz CT molecular complexity index is 587. The lowest BCUT2D eigenvalue weighted by atomic mass is 10.1. The van der Waals surface area contributed by atoms with E-state index in [1.807, 2.05) is 38.1 Å². The van der Waals surface area contributed by atoms with Crippen molar-refractivity contribution < 1.29 is 4.79 Å². The molecule has 20 heavy (non-hydrogen) atoms. The monoisotopic (exact) mass is 287 g/mol. The summed E-state index contributed by atoms with van der Waals surface area (Å²) in [4.78, 5) is 20.4. The van der Waals surface area contributed by atoms with Crippen molar-refractivity contribution in [2.24, 2.45) is 0 Å². The predicted octanol–water partition coefficient (Wildman–Crippen LogP) is 2.62. The van der Waals surface area contributed by atoms with Crippen LogP contribution in [0.25, 0.3) is 0 Å².